The number of carbonyl (C=O) groups excluding carboxylic acids is 1. The zero-order valence-corrected chi connectivity index (χ0v) is 14.9. The smallest absolute Gasteiger partial charge is 0.255 e. The number of para-hydroxylation sites is 1. The molecule has 2 rings (SSSR count). The molecule has 0 aromatic heterocycles. The van der Waals surface area contributed by atoms with E-state index in [4.69, 9.17) is 9.47 Å². The lowest BCUT2D eigenvalue weighted by Gasteiger charge is -2.26. The molecule has 0 spiro atoms. The number of methoxy groups -OCH3 is 2. The van der Waals surface area contributed by atoms with Gasteiger partial charge in [0.05, 0.1) is 25.8 Å². The van der Waals surface area contributed by atoms with Crippen molar-refractivity contribution in [3.63, 3.8) is 0 Å². The van der Waals surface area contributed by atoms with Gasteiger partial charge in [-0.1, -0.05) is 18.2 Å². The summed E-state index contributed by atoms with van der Waals surface area (Å²) in [6.45, 7) is 0.339. The van der Waals surface area contributed by atoms with Gasteiger partial charge in [-0.25, -0.2) is 4.39 Å². The molecule has 25 heavy (non-hydrogen) atoms. The lowest BCUT2D eigenvalue weighted by Crippen LogP contribution is -2.35. The van der Waals surface area contributed by atoms with Gasteiger partial charge in [-0.3, -0.25) is 4.79 Å². The molecule has 6 heteroatoms. The summed E-state index contributed by atoms with van der Waals surface area (Å²) in [5, 5.41) is 2.85. The summed E-state index contributed by atoms with van der Waals surface area (Å²) >= 11 is 0. The van der Waals surface area contributed by atoms with Crippen molar-refractivity contribution in [3.8, 4) is 11.5 Å². The van der Waals surface area contributed by atoms with Crippen molar-refractivity contribution in [1.29, 1.82) is 0 Å². The standard InChI is InChI=1S/C19H23FN2O3/c1-22(2)16(14-7-5-6-8-17(14)24-3)12-21-19(23)15-11-13(20)9-10-18(15)25-4/h5-11,16H,12H2,1-4H3,(H,21,23). The van der Waals surface area contributed by atoms with E-state index >= 15 is 0 Å². The second-order valence-electron chi connectivity index (χ2n) is 5.78. The average Bonchev–Trinajstić information content (AvgIpc) is 2.61. The number of hydrogen-bond acceptors (Lipinski definition) is 4. The molecule has 2 aromatic rings. The first-order valence-corrected chi connectivity index (χ1v) is 7.89. The molecule has 2 aromatic carbocycles. The molecule has 1 N–H and O–H groups in total. The Morgan fingerprint density at radius 1 is 1.12 bits per heavy atom. The number of benzene rings is 2. The van der Waals surface area contributed by atoms with Gasteiger partial charge in [-0.15, -0.1) is 0 Å². The Bertz CT molecular complexity index is 734. The third-order valence-electron chi connectivity index (χ3n) is 3.98. The quantitative estimate of drug-likeness (QED) is 0.838. The Hall–Kier alpha value is -2.60. The van der Waals surface area contributed by atoms with Crippen LogP contribution in [0, 0.1) is 5.82 Å². The number of nitrogens with one attached hydrogen (secondary N) is 1. The van der Waals surface area contributed by atoms with E-state index in [1.165, 1.54) is 25.3 Å². The number of ether oxygens (including phenoxy) is 2. The molecule has 0 heterocycles. The fraction of sp³-hybridized carbons (Fsp3) is 0.316. The normalized spacial score (nSPS) is 11.9. The van der Waals surface area contributed by atoms with Crippen LogP contribution in [0.4, 0.5) is 4.39 Å². The fourth-order valence-electron chi connectivity index (χ4n) is 2.65. The highest BCUT2D eigenvalue weighted by molar-refractivity contribution is 5.97. The molecule has 1 atom stereocenters. The minimum absolute atomic E-state index is 0.0975. The third kappa shape index (κ3) is 4.48. The third-order valence-corrected chi connectivity index (χ3v) is 3.98. The summed E-state index contributed by atoms with van der Waals surface area (Å²) in [6, 6.07) is 11.4. The largest absolute Gasteiger partial charge is 0.496 e. The van der Waals surface area contributed by atoms with Gasteiger partial charge in [-0.05, 0) is 38.4 Å². The van der Waals surface area contributed by atoms with Crippen molar-refractivity contribution in [1.82, 2.24) is 10.2 Å². The topological polar surface area (TPSA) is 50.8 Å². The molecule has 0 aliphatic heterocycles. The Labute approximate surface area is 147 Å². The van der Waals surface area contributed by atoms with E-state index in [-0.39, 0.29) is 11.6 Å². The second-order valence-corrected chi connectivity index (χ2v) is 5.78. The summed E-state index contributed by atoms with van der Waals surface area (Å²) in [4.78, 5) is 14.5. The van der Waals surface area contributed by atoms with Crippen LogP contribution in [0.5, 0.6) is 11.5 Å². The number of rotatable bonds is 7. The molecule has 1 amide bonds. The Morgan fingerprint density at radius 2 is 1.80 bits per heavy atom. The Kier molecular flexibility index (Phi) is 6.36. The molecule has 0 aliphatic rings. The lowest BCUT2D eigenvalue weighted by molar-refractivity contribution is 0.0938. The number of halogens is 1. The highest BCUT2D eigenvalue weighted by Gasteiger charge is 2.20. The van der Waals surface area contributed by atoms with Crippen molar-refractivity contribution in [2.24, 2.45) is 0 Å². The minimum atomic E-state index is -0.486. The average molecular weight is 346 g/mol. The van der Waals surface area contributed by atoms with E-state index < -0.39 is 11.7 Å². The maximum absolute atomic E-state index is 13.5. The van der Waals surface area contributed by atoms with Crippen LogP contribution in [0.1, 0.15) is 22.0 Å². The number of carbonyl (C=O) groups is 1. The van der Waals surface area contributed by atoms with Crippen LogP contribution < -0.4 is 14.8 Å². The van der Waals surface area contributed by atoms with Crippen LogP contribution in [0.3, 0.4) is 0 Å². The Morgan fingerprint density at radius 3 is 2.44 bits per heavy atom. The van der Waals surface area contributed by atoms with Gasteiger partial charge in [0.1, 0.15) is 17.3 Å². The first kappa shape index (κ1) is 18.7. The molecule has 0 radical (unpaired) electrons. The maximum atomic E-state index is 13.5. The van der Waals surface area contributed by atoms with E-state index in [1.54, 1.807) is 7.11 Å². The zero-order valence-electron chi connectivity index (χ0n) is 14.9. The van der Waals surface area contributed by atoms with Crippen molar-refractivity contribution in [2.45, 2.75) is 6.04 Å². The summed E-state index contributed by atoms with van der Waals surface area (Å²) in [7, 11) is 6.90. The number of nitrogens with zero attached hydrogens (tertiary/aromatic N) is 1. The monoisotopic (exact) mass is 346 g/mol. The molecule has 134 valence electrons. The van der Waals surface area contributed by atoms with Crippen molar-refractivity contribution >= 4 is 5.91 Å². The SMILES string of the molecule is COc1ccc(F)cc1C(=O)NCC(c1ccccc1OC)N(C)C. The van der Waals surface area contributed by atoms with Crippen molar-refractivity contribution in [2.75, 3.05) is 34.9 Å². The van der Waals surface area contributed by atoms with Gasteiger partial charge < -0.3 is 19.7 Å². The lowest BCUT2D eigenvalue weighted by atomic mass is 10.0. The van der Waals surface area contributed by atoms with Gasteiger partial charge in [0, 0.05) is 12.1 Å². The fourth-order valence-corrected chi connectivity index (χ4v) is 2.65. The first-order chi connectivity index (χ1) is 12.0. The van der Waals surface area contributed by atoms with E-state index in [9.17, 15) is 9.18 Å². The van der Waals surface area contributed by atoms with Gasteiger partial charge >= 0.3 is 0 Å². The van der Waals surface area contributed by atoms with Gasteiger partial charge in [-0.2, -0.15) is 0 Å². The van der Waals surface area contributed by atoms with Crippen LogP contribution in [-0.4, -0.2) is 45.7 Å². The Balaban J connectivity index is 2.19. The predicted molar refractivity (Wildman–Crippen MR) is 94.7 cm³/mol. The van der Waals surface area contributed by atoms with Gasteiger partial charge in [0.15, 0.2) is 0 Å². The molecular formula is C19H23FN2O3. The molecule has 0 bridgehead atoms. The maximum Gasteiger partial charge on any atom is 0.255 e. The molecule has 1 unspecified atom stereocenters. The zero-order chi connectivity index (χ0) is 18.4. The summed E-state index contributed by atoms with van der Waals surface area (Å²) in [6.07, 6.45) is 0. The molecule has 0 aliphatic carbocycles. The molecule has 5 nitrogen and oxygen atoms in total. The van der Waals surface area contributed by atoms with Crippen LogP contribution >= 0.6 is 0 Å². The highest BCUT2D eigenvalue weighted by Crippen LogP contribution is 2.27. The minimum Gasteiger partial charge on any atom is -0.496 e. The van der Waals surface area contributed by atoms with Crippen molar-refractivity contribution < 1.29 is 18.7 Å². The number of amides is 1. The molecular weight excluding hydrogens is 323 g/mol. The van der Waals surface area contributed by atoms with Gasteiger partial charge in [0.2, 0.25) is 0 Å². The van der Waals surface area contributed by atoms with E-state index in [1.807, 2.05) is 43.3 Å². The summed E-state index contributed by atoms with van der Waals surface area (Å²) in [5.74, 6) is 0.203. The molecule has 0 fully saturated rings. The van der Waals surface area contributed by atoms with Crippen LogP contribution in [-0.2, 0) is 0 Å². The van der Waals surface area contributed by atoms with E-state index in [0.29, 0.717) is 12.3 Å². The molecule has 0 saturated carbocycles. The highest BCUT2D eigenvalue weighted by atomic mass is 19.1. The van der Waals surface area contributed by atoms with Gasteiger partial charge in [0.25, 0.3) is 5.91 Å². The predicted octanol–water partition coefficient (Wildman–Crippen LogP) is 2.88. The van der Waals surface area contributed by atoms with Crippen LogP contribution in [0.15, 0.2) is 42.5 Å². The van der Waals surface area contributed by atoms with E-state index in [2.05, 4.69) is 5.32 Å². The molecule has 0 saturated heterocycles. The number of likely N-dealkylation sites (N-methyl/N-ethyl adjacent to an activating group) is 1. The second kappa shape index (κ2) is 8.48. The summed E-state index contributed by atoms with van der Waals surface area (Å²) in [5.41, 5.74) is 1.13. The van der Waals surface area contributed by atoms with E-state index in [0.717, 1.165) is 11.3 Å². The van der Waals surface area contributed by atoms with Crippen molar-refractivity contribution in [3.05, 3.63) is 59.4 Å². The summed E-state index contributed by atoms with van der Waals surface area (Å²) < 4.78 is 24.0. The first-order valence-electron chi connectivity index (χ1n) is 7.89. The number of hydrogen-bond donors (Lipinski definition) is 1. The van der Waals surface area contributed by atoms with Crippen LogP contribution in [0.25, 0.3) is 0 Å². The van der Waals surface area contributed by atoms with Crippen LogP contribution in [0.2, 0.25) is 0 Å².